The fraction of sp³-hybridized carbons (Fsp3) is 0.389. The highest BCUT2D eigenvalue weighted by Gasteiger charge is 2.24. The molecule has 3 heterocycles. The Morgan fingerprint density at radius 1 is 1.31 bits per heavy atom. The first kappa shape index (κ1) is 16.7. The summed E-state index contributed by atoms with van der Waals surface area (Å²) >= 11 is 0. The number of rotatable bonds is 6. The van der Waals surface area contributed by atoms with Gasteiger partial charge in [0.1, 0.15) is 11.4 Å². The molecular formula is C18H22N6O2. The monoisotopic (exact) mass is 354 g/mol. The van der Waals surface area contributed by atoms with Crippen molar-refractivity contribution in [3.05, 3.63) is 47.9 Å². The molecule has 0 spiro atoms. The highest BCUT2D eigenvalue weighted by Crippen LogP contribution is 2.24. The minimum atomic E-state index is 0.0733. The molecule has 0 radical (unpaired) electrons. The summed E-state index contributed by atoms with van der Waals surface area (Å²) in [5.41, 5.74) is 4.03. The van der Waals surface area contributed by atoms with Crippen LogP contribution in [0, 0.1) is 0 Å². The smallest absolute Gasteiger partial charge is 0.121 e. The van der Waals surface area contributed by atoms with Crippen molar-refractivity contribution in [3.8, 4) is 17.0 Å². The number of aromatic nitrogens is 5. The number of aryl methyl sites for hydroxylation is 1. The van der Waals surface area contributed by atoms with Crippen molar-refractivity contribution in [1.82, 2.24) is 30.1 Å². The average molecular weight is 354 g/mol. The number of benzene rings is 1. The van der Waals surface area contributed by atoms with Gasteiger partial charge in [0.25, 0.3) is 0 Å². The van der Waals surface area contributed by atoms with Gasteiger partial charge in [-0.3, -0.25) is 4.68 Å². The van der Waals surface area contributed by atoms with Crippen LogP contribution in [0.5, 0.6) is 5.75 Å². The molecule has 1 aliphatic heterocycles. The van der Waals surface area contributed by atoms with E-state index in [1.54, 1.807) is 18.0 Å². The summed E-state index contributed by atoms with van der Waals surface area (Å²) in [5.74, 6) is 0.868. The van der Waals surface area contributed by atoms with E-state index in [4.69, 9.17) is 9.47 Å². The van der Waals surface area contributed by atoms with E-state index >= 15 is 0 Å². The Hall–Kier alpha value is -2.71. The normalized spacial score (nSPS) is 16.5. The molecule has 0 fully saturated rings. The number of hydrogen-bond acceptors (Lipinski definition) is 6. The SMILES string of the molecule is COc1ccc(CNC[C@H]2Cn3nnc(-c4cnn(C)c4)c3CO2)cc1. The Labute approximate surface area is 151 Å². The van der Waals surface area contributed by atoms with Crippen LogP contribution in [0.1, 0.15) is 11.3 Å². The molecule has 0 unspecified atom stereocenters. The molecule has 1 N–H and O–H groups in total. The first-order valence-electron chi connectivity index (χ1n) is 8.59. The average Bonchev–Trinajstić information content (AvgIpc) is 3.28. The van der Waals surface area contributed by atoms with Crippen molar-refractivity contribution in [3.63, 3.8) is 0 Å². The van der Waals surface area contributed by atoms with E-state index in [0.717, 1.165) is 35.8 Å². The van der Waals surface area contributed by atoms with Crippen LogP contribution in [0.25, 0.3) is 11.3 Å². The maximum absolute atomic E-state index is 6.00. The topological polar surface area (TPSA) is 79.0 Å². The van der Waals surface area contributed by atoms with Crippen molar-refractivity contribution in [2.45, 2.75) is 25.8 Å². The van der Waals surface area contributed by atoms with Gasteiger partial charge in [0, 0.05) is 31.9 Å². The van der Waals surface area contributed by atoms with E-state index in [1.807, 2.05) is 30.1 Å². The van der Waals surface area contributed by atoms with Gasteiger partial charge < -0.3 is 14.8 Å². The fourth-order valence-corrected chi connectivity index (χ4v) is 3.08. The fourth-order valence-electron chi connectivity index (χ4n) is 3.08. The number of nitrogens with zero attached hydrogens (tertiary/aromatic N) is 5. The molecule has 1 aliphatic rings. The zero-order valence-corrected chi connectivity index (χ0v) is 14.9. The lowest BCUT2D eigenvalue weighted by Crippen LogP contribution is -2.36. The lowest BCUT2D eigenvalue weighted by Gasteiger charge is -2.24. The molecule has 0 saturated heterocycles. The number of methoxy groups -OCH3 is 1. The molecular weight excluding hydrogens is 332 g/mol. The lowest BCUT2D eigenvalue weighted by molar-refractivity contribution is 0.00125. The maximum atomic E-state index is 6.00. The van der Waals surface area contributed by atoms with Crippen molar-refractivity contribution in [1.29, 1.82) is 0 Å². The third kappa shape index (κ3) is 3.47. The molecule has 8 heteroatoms. The molecule has 1 atom stereocenters. The minimum absolute atomic E-state index is 0.0733. The number of nitrogens with one attached hydrogen (secondary N) is 1. The Kier molecular flexibility index (Phi) is 4.68. The molecule has 26 heavy (non-hydrogen) atoms. The van der Waals surface area contributed by atoms with Crippen LogP contribution in [0.2, 0.25) is 0 Å². The van der Waals surface area contributed by atoms with Crippen molar-refractivity contribution in [2.24, 2.45) is 7.05 Å². The van der Waals surface area contributed by atoms with Gasteiger partial charge in [-0.25, -0.2) is 4.68 Å². The minimum Gasteiger partial charge on any atom is -0.497 e. The van der Waals surface area contributed by atoms with E-state index in [0.29, 0.717) is 13.2 Å². The summed E-state index contributed by atoms with van der Waals surface area (Å²) in [6.45, 7) is 2.74. The third-order valence-corrected chi connectivity index (χ3v) is 4.51. The second-order valence-corrected chi connectivity index (χ2v) is 6.38. The van der Waals surface area contributed by atoms with Gasteiger partial charge in [-0.2, -0.15) is 5.10 Å². The summed E-state index contributed by atoms with van der Waals surface area (Å²) in [6, 6.07) is 8.05. The van der Waals surface area contributed by atoms with Crippen molar-refractivity contribution >= 4 is 0 Å². The van der Waals surface area contributed by atoms with Gasteiger partial charge in [-0.15, -0.1) is 5.10 Å². The van der Waals surface area contributed by atoms with Crippen LogP contribution in [0.15, 0.2) is 36.7 Å². The van der Waals surface area contributed by atoms with Gasteiger partial charge in [0.2, 0.25) is 0 Å². The van der Waals surface area contributed by atoms with Crippen LogP contribution >= 0.6 is 0 Å². The third-order valence-electron chi connectivity index (χ3n) is 4.51. The highest BCUT2D eigenvalue weighted by atomic mass is 16.5. The summed E-state index contributed by atoms with van der Waals surface area (Å²) < 4.78 is 14.9. The zero-order valence-electron chi connectivity index (χ0n) is 14.9. The van der Waals surface area contributed by atoms with Crippen LogP contribution in [0.3, 0.4) is 0 Å². The van der Waals surface area contributed by atoms with Gasteiger partial charge >= 0.3 is 0 Å². The lowest BCUT2D eigenvalue weighted by atomic mass is 10.2. The van der Waals surface area contributed by atoms with Gasteiger partial charge in [-0.05, 0) is 17.7 Å². The van der Waals surface area contributed by atoms with E-state index in [9.17, 15) is 0 Å². The molecule has 0 amide bonds. The van der Waals surface area contributed by atoms with Crippen LogP contribution in [-0.4, -0.2) is 44.5 Å². The Morgan fingerprint density at radius 3 is 2.88 bits per heavy atom. The van der Waals surface area contributed by atoms with Crippen LogP contribution < -0.4 is 10.1 Å². The van der Waals surface area contributed by atoms with Gasteiger partial charge in [0.05, 0.1) is 38.3 Å². The molecule has 3 aromatic rings. The second-order valence-electron chi connectivity index (χ2n) is 6.38. The molecule has 8 nitrogen and oxygen atoms in total. The molecule has 2 aromatic heterocycles. The van der Waals surface area contributed by atoms with Crippen LogP contribution in [0.4, 0.5) is 0 Å². The highest BCUT2D eigenvalue weighted by molar-refractivity contribution is 5.59. The Balaban J connectivity index is 1.33. The first-order valence-corrected chi connectivity index (χ1v) is 8.59. The standard InChI is InChI=1S/C18H22N6O2/c1-23-10-14(8-20-23)18-17-12-26-16(11-24(17)22-21-18)9-19-7-13-3-5-15(25-2)6-4-13/h3-6,8,10,16,19H,7,9,11-12H2,1-2H3/t16-/m0/s1. The Bertz CT molecular complexity index is 870. The van der Waals surface area contributed by atoms with Crippen LogP contribution in [-0.2, 0) is 31.5 Å². The van der Waals surface area contributed by atoms with E-state index < -0.39 is 0 Å². The zero-order chi connectivity index (χ0) is 17.9. The number of hydrogen-bond donors (Lipinski definition) is 1. The number of fused-ring (bicyclic) bond motifs is 1. The van der Waals surface area contributed by atoms with Gasteiger partial charge in [0.15, 0.2) is 0 Å². The molecule has 0 bridgehead atoms. The summed E-state index contributed by atoms with van der Waals surface area (Å²) in [4.78, 5) is 0. The molecule has 136 valence electrons. The maximum Gasteiger partial charge on any atom is 0.121 e. The summed E-state index contributed by atoms with van der Waals surface area (Å²) in [7, 11) is 3.56. The summed E-state index contributed by atoms with van der Waals surface area (Å²) in [6.07, 6.45) is 3.81. The van der Waals surface area contributed by atoms with E-state index in [-0.39, 0.29) is 6.10 Å². The predicted molar refractivity (Wildman–Crippen MR) is 95.5 cm³/mol. The quantitative estimate of drug-likeness (QED) is 0.720. The predicted octanol–water partition coefficient (Wildman–Crippen LogP) is 1.38. The molecule has 1 aromatic carbocycles. The summed E-state index contributed by atoms with van der Waals surface area (Å²) in [5, 5.41) is 16.2. The van der Waals surface area contributed by atoms with E-state index in [1.165, 1.54) is 5.56 Å². The molecule has 0 aliphatic carbocycles. The Morgan fingerprint density at radius 2 is 2.15 bits per heavy atom. The van der Waals surface area contributed by atoms with Gasteiger partial charge in [-0.1, -0.05) is 17.3 Å². The first-order chi connectivity index (χ1) is 12.7. The van der Waals surface area contributed by atoms with E-state index in [2.05, 4.69) is 32.9 Å². The second kappa shape index (κ2) is 7.27. The molecule has 4 rings (SSSR count). The molecule has 0 saturated carbocycles. The van der Waals surface area contributed by atoms with Crippen molar-refractivity contribution in [2.75, 3.05) is 13.7 Å². The number of ether oxygens (including phenoxy) is 2. The largest absolute Gasteiger partial charge is 0.497 e. The van der Waals surface area contributed by atoms with Crippen molar-refractivity contribution < 1.29 is 9.47 Å².